The van der Waals surface area contributed by atoms with E-state index in [0.29, 0.717) is 5.56 Å². The number of carboxylic acid groups (broad SMARTS) is 1. The number of carbonyl (C=O) groups excluding carboxylic acids is 1. The Balaban J connectivity index is 2.90. The first kappa shape index (κ1) is 11.9. The van der Waals surface area contributed by atoms with E-state index < -0.39 is 11.8 Å². The van der Waals surface area contributed by atoms with Gasteiger partial charge in [0.2, 0.25) is 5.91 Å². The standard InChI is InChI=1S/C11H10FNO3/c1-7(14)13-10-4-2-8(6-9(10)12)3-5-11(15)16/h2-6H,1H3,(H,13,14)(H,15,16)/b5-3+. The van der Waals surface area contributed by atoms with E-state index in [0.717, 1.165) is 12.1 Å². The number of halogens is 1. The van der Waals surface area contributed by atoms with Gasteiger partial charge in [0.1, 0.15) is 5.82 Å². The fourth-order valence-corrected chi connectivity index (χ4v) is 1.09. The van der Waals surface area contributed by atoms with Crippen molar-refractivity contribution in [2.45, 2.75) is 6.92 Å². The van der Waals surface area contributed by atoms with E-state index in [-0.39, 0.29) is 11.6 Å². The van der Waals surface area contributed by atoms with Crippen LogP contribution in [0.15, 0.2) is 24.3 Å². The van der Waals surface area contributed by atoms with Crippen molar-refractivity contribution in [3.8, 4) is 0 Å². The van der Waals surface area contributed by atoms with Crippen molar-refractivity contribution in [1.82, 2.24) is 0 Å². The molecule has 1 amide bonds. The normalized spacial score (nSPS) is 10.4. The van der Waals surface area contributed by atoms with Gasteiger partial charge in [-0.15, -0.1) is 0 Å². The number of aliphatic carboxylic acids is 1. The molecule has 0 aliphatic heterocycles. The maximum absolute atomic E-state index is 13.3. The Labute approximate surface area is 91.4 Å². The molecule has 4 nitrogen and oxygen atoms in total. The number of carboxylic acids is 1. The summed E-state index contributed by atoms with van der Waals surface area (Å²) < 4.78 is 13.3. The SMILES string of the molecule is CC(=O)Nc1ccc(/C=C/C(=O)O)cc1F. The van der Waals surface area contributed by atoms with Gasteiger partial charge in [-0.05, 0) is 23.8 Å². The molecule has 0 unspecified atom stereocenters. The summed E-state index contributed by atoms with van der Waals surface area (Å²) in [5.41, 5.74) is 0.481. The van der Waals surface area contributed by atoms with Crippen LogP contribution in [0.4, 0.5) is 10.1 Å². The third-order valence-corrected chi connectivity index (χ3v) is 1.72. The molecule has 0 aliphatic rings. The summed E-state index contributed by atoms with van der Waals surface area (Å²) in [6, 6.07) is 4.02. The highest BCUT2D eigenvalue weighted by Crippen LogP contribution is 2.16. The van der Waals surface area contributed by atoms with Crippen molar-refractivity contribution in [2.24, 2.45) is 0 Å². The number of hydrogen-bond donors (Lipinski definition) is 2. The van der Waals surface area contributed by atoms with Crippen molar-refractivity contribution in [3.05, 3.63) is 35.7 Å². The summed E-state index contributed by atoms with van der Waals surface area (Å²) in [5.74, 6) is -2.08. The van der Waals surface area contributed by atoms with E-state index in [1.807, 2.05) is 0 Å². The fraction of sp³-hybridized carbons (Fsp3) is 0.0909. The Morgan fingerprint density at radius 3 is 2.62 bits per heavy atom. The maximum Gasteiger partial charge on any atom is 0.328 e. The zero-order valence-corrected chi connectivity index (χ0v) is 8.53. The monoisotopic (exact) mass is 223 g/mol. The summed E-state index contributed by atoms with van der Waals surface area (Å²) in [6.45, 7) is 1.28. The number of benzene rings is 1. The van der Waals surface area contributed by atoms with E-state index in [1.165, 1.54) is 25.1 Å². The second-order valence-electron chi connectivity index (χ2n) is 3.09. The Morgan fingerprint density at radius 1 is 1.44 bits per heavy atom. The lowest BCUT2D eigenvalue weighted by atomic mass is 10.2. The van der Waals surface area contributed by atoms with Crippen LogP contribution in [0.1, 0.15) is 12.5 Å². The summed E-state index contributed by atoms with van der Waals surface area (Å²) in [6.07, 6.45) is 2.18. The zero-order chi connectivity index (χ0) is 12.1. The molecule has 2 N–H and O–H groups in total. The smallest absolute Gasteiger partial charge is 0.328 e. The Hall–Kier alpha value is -2.17. The molecule has 0 radical (unpaired) electrons. The molecule has 0 aliphatic carbocycles. The average Bonchev–Trinajstić information content (AvgIpc) is 2.18. The van der Waals surface area contributed by atoms with E-state index in [1.54, 1.807) is 0 Å². The second-order valence-corrected chi connectivity index (χ2v) is 3.09. The molecule has 0 saturated heterocycles. The molecule has 0 heterocycles. The first-order valence-electron chi connectivity index (χ1n) is 4.47. The molecule has 0 spiro atoms. The first-order valence-corrected chi connectivity index (χ1v) is 4.47. The summed E-state index contributed by atoms with van der Waals surface area (Å²) >= 11 is 0. The highest BCUT2D eigenvalue weighted by molar-refractivity contribution is 5.89. The van der Waals surface area contributed by atoms with Crippen LogP contribution in [0.3, 0.4) is 0 Å². The first-order chi connectivity index (χ1) is 7.49. The molecule has 84 valence electrons. The van der Waals surface area contributed by atoms with Crippen molar-refractivity contribution < 1.29 is 19.1 Å². The van der Waals surface area contributed by atoms with E-state index >= 15 is 0 Å². The predicted molar refractivity (Wildman–Crippen MR) is 57.4 cm³/mol. The molecule has 0 atom stereocenters. The fourth-order valence-electron chi connectivity index (χ4n) is 1.09. The highest BCUT2D eigenvalue weighted by atomic mass is 19.1. The third kappa shape index (κ3) is 3.53. The predicted octanol–water partition coefficient (Wildman–Crippen LogP) is 1.88. The van der Waals surface area contributed by atoms with Crippen LogP contribution in [-0.4, -0.2) is 17.0 Å². The minimum absolute atomic E-state index is 0.0694. The van der Waals surface area contributed by atoms with Crippen LogP contribution in [0.25, 0.3) is 6.08 Å². The third-order valence-electron chi connectivity index (χ3n) is 1.72. The quantitative estimate of drug-likeness (QED) is 0.769. The zero-order valence-electron chi connectivity index (χ0n) is 8.53. The van der Waals surface area contributed by atoms with Crippen molar-refractivity contribution in [2.75, 3.05) is 5.32 Å². The Bertz CT molecular complexity index is 455. The molecule has 0 aromatic heterocycles. The molecule has 0 bridgehead atoms. The molecule has 1 rings (SSSR count). The molecular formula is C11H10FNO3. The van der Waals surface area contributed by atoms with Crippen molar-refractivity contribution >= 4 is 23.6 Å². The lowest BCUT2D eigenvalue weighted by molar-refractivity contribution is -0.131. The van der Waals surface area contributed by atoms with Gasteiger partial charge < -0.3 is 10.4 Å². The number of nitrogens with one attached hydrogen (secondary N) is 1. The number of carbonyl (C=O) groups is 2. The molecule has 5 heteroatoms. The summed E-state index contributed by atoms with van der Waals surface area (Å²) in [7, 11) is 0. The minimum atomic E-state index is -1.11. The van der Waals surface area contributed by atoms with Crippen molar-refractivity contribution in [1.29, 1.82) is 0 Å². The molecule has 0 fully saturated rings. The summed E-state index contributed by atoms with van der Waals surface area (Å²) in [4.78, 5) is 20.9. The molecule has 1 aromatic carbocycles. The Morgan fingerprint density at radius 2 is 2.12 bits per heavy atom. The highest BCUT2D eigenvalue weighted by Gasteiger charge is 2.03. The molecule has 16 heavy (non-hydrogen) atoms. The van der Waals surface area contributed by atoms with E-state index in [2.05, 4.69) is 5.32 Å². The number of amides is 1. The van der Waals surface area contributed by atoms with Gasteiger partial charge in [-0.25, -0.2) is 9.18 Å². The number of rotatable bonds is 3. The van der Waals surface area contributed by atoms with Crippen LogP contribution in [0.5, 0.6) is 0 Å². The van der Waals surface area contributed by atoms with Crippen LogP contribution >= 0.6 is 0 Å². The number of hydrogen-bond acceptors (Lipinski definition) is 2. The van der Waals surface area contributed by atoms with Gasteiger partial charge in [0.25, 0.3) is 0 Å². The van der Waals surface area contributed by atoms with E-state index in [9.17, 15) is 14.0 Å². The summed E-state index contributed by atoms with van der Waals surface area (Å²) in [5, 5.41) is 10.7. The Kier molecular flexibility index (Phi) is 3.77. The van der Waals surface area contributed by atoms with Gasteiger partial charge >= 0.3 is 5.97 Å². The van der Waals surface area contributed by atoms with Gasteiger partial charge in [0.05, 0.1) is 5.69 Å². The van der Waals surface area contributed by atoms with Gasteiger partial charge in [-0.2, -0.15) is 0 Å². The van der Waals surface area contributed by atoms with Gasteiger partial charge in [0, 0.05) is 13.0 Å². The van der Waals surface area contributed by atoms with Gasteiger partial charge in [0.15, 0.2) is 0 Å². The molecular weight excluding hydrogens is 213 g/mol. The topological polar surface area (TPSA) is 66.4 Å². The molecule has 0 saturated carbocycles. The van der Waals surface area contributed by atoms with E-state index in [4.69, 9.17) is 5.11 Å². The van der Waals surface area contributed by atoms with Crippen LogP contribution < -0.4 is 5.32 Å². The van der Waals surface area contributed by atoms with Gasteiger partial charge in [-0.3, -0.25) is 4.79 Å². The second kappa shape index (κ2) is 5.06. The largest absolute Gasteiger partial charge is 0.478 e. The van der Waals surface area contributed by atoms with Crippen LogP contribution in [0.2, 0.25) is 0 Å². The molecule has 1 aromatic rings. The van der Waals surface area contributed by atoms with Crippen LogP contribution in [-0.2, 0) is 9.59 Å². The van der Waals surface area contributed by atoms with Gasteiger partial charge in [-0.1, -0.05) is 6.07 Å². The average molecular weight is 223 g/mol. The van der Waals surface area contributed by atoms with Crippen LogP contribution in [0, 0.1) is 5.82 Å². The minimum Gasteiger partial charge on any atom is -0.478 e. The van der Waals surface area contributed by atoms with Crippen molar-refractivity contribution in [3.63, 3.8) is 0 Å². The number of anilines is 1. The lowest BCUT2D eigenvalue weighted by Gasteiger charge is -2.03. The lowest BCUT2D eigenvalue weighted by Crippen LogP contribution is -2.07. The maximum atomic E-state index is 13.3.